The van der Waals surface area contributed by atoms with E-state index in [4.69, 9.17) is 9.47 Å². The molecule has 2 aromatic rings. The van der Waals surface area contributed by atoms with Gasteiger partial charge in [-0.2, -0.15) is 0 Å². The van der Waals surface area contributed by atoms with Crippen LogP contribution in [0.25, 0.3) is 0 Å². The number of benzene rings is 1. The molecule has 1 aliphatic heterocycles. The van der Waals surface area contributed by atoms with Crippen molar-refractivity contribution in [3.63, 3.8) is 0 Å². The lowest BCUT2D eigenvalue weighted by Gasteiger charge is -2.24. The molecule has 1 atom stereocenters. The number of methoxy groups -OCH3 is 2. The molecule has 7 heteroatoms. The van der Waals surface area contributed by atoms with Gasteiger partial charge in [0.2, 0.25) is 0 Å². The minimum absolute atomic E-state index is 0.129. The van der Waals surface area contributed by atoms with Crippen molar-refractivity contribution in [3.05, 3.63) is 41.2 Å². The first-order chi connectivity index (χ1) is 10.2. The van der Waals surface area contributed by atoms with Gasteiger partial charge in [-0.1, -0.05) is 17.3 Å². The van der Waals surface area contributed by atoms with E-state index >= 15 is 0 Å². The minimum Gasteiger partial charge on any atom is -0.497 e. The molecule has 3 rings (SSSR count). The van der Waals surface area contributed by atoms with Gasteiger partial charge in [-0.15, -0.1) is 5.10 Å². The molecule has 1 aromatic carbocycles. The summed E-state index contributed by atoms with van der Waals surface area (Å²) in [6, 6.07) is 7.67. The normalized spacial score (nSPS) is 17.1. The third-order valence-corrected chi connectivity index (χ3v) is 3.46. The fourth-order valence-electron chi connectivity index (χ4n) is 2.29. The van der Waals surface area contributed by atoms with Gasteiger partial charge in [0.15, 0.2) is 5.69 Å². The molecule has 21 heavy (non-hydrogen) atoms. The lowest BCUT2D eigenvalue weighted by Crippen LogP contribution is -2.23. The maximum Gasteiger partial charge on any atom is 0.360 e. The van der Waals surface area contributed by atoms with E-state index < -0.39 is 5.97 Å². The number of ether oxygens (including phenoxy) is 3. The van der Waals surface area contributed by atoms with Crippen LogP contribution >= 0.6 is 0 Å². The molecule has 0 amide bonds. The molecule has 0 saturated carbocycles. The molecular formula is C14H15N3O4. The first-order valence-electron chi connectivity index (χ1n) is 6.49. The van der Waals surface area contributed by atoms with E-state index in [-0.39, 0.29) is 18.4 Å². The second-order valence-corrected chi connectivity index (χ2v) is 4.63. The Labute approximate surface area is 121 Å². The number of fused-ring (bicyclic) bond motifs is 1. The quantitative estimate of drug-likeness (QED) is 0.794. The van der Waals surface area contributed by atoms with E-state index in [9.17, 15) is 4.79 Å². The standard InChI is InChI=1S/C14H15N3O4/c1-19-10-5-3-9(4-6-10)12-7-17-11(8-21-12)13(15-16-17)14(18)20-2/h3-6,12H,7-8H2,1-2H3/t12-/m0/s1. The van der Waals surface area contributed by atoms with Crippen molar-refractivity contribution < 1.29 is 19.0 Å². The zero-order valence-corrected chi connectivity index (χ0v) is 11.8. The number of nitrogens with zero attached hydrogens (tertiary/aromatic N) is 3. The topological polar surface area (TPSA) is 75.5 Å². The number of esters is 1. The lowest BCUT2D eigenvalue weighted by molar-refractivity contribution is -0.00222. The summed E-state index contributed by atoms with van der Waals surface area (Å²) in [5.74, 6) is 0.298. The second kappa shape index (κ2) is 5.53. The molecule has 0 fully saturated rings. The van der Waals surface area contributed by atoms with Crippen LogP contribution in [0.4, 0.5) is 0 Å². The highest BCUT2D eigenvalue weighted by atomic mass is 16.5. The first kappa shape index (κ1) is 13.6. The zero-order chi connectivity index (χ0) is 14.8. The van der Waals surface area contributed by atoms with Crippen molar-refractivity contribution in [1.29, 1.82) is 0 Å². The molecule has 0 radical (unpaired) electrons. The van der Waals surface area contributed by atoms with E-state index in [0.29, 0.717) is 12.2 Å². The van der Waals surface area contributed by atoms with E-state index in [1.54, 1.807) is 11.8 Å². The largest absolute Gasteiger partial charge is 0.497 e. The summed E-state index contributed by atoms with van der Waals surface area (Å²) in [7, 11) is 2.94. The predicted molar refractivity (Wildman–Crippen MR) is 71.9 cm³/mol. The van der Waals surface area contributed by atoms with Crippen molar-refractivity contribution in [2.75, 3.05) is 14.2 Å². The third kappa shape index (κ3) is 2.47. The van der Waals surface area contributed by atoms with E-state index in [1.165, 1.54) is 7.11 Å². The van der Waals surface area contributed by atoms with Crippen LogP contribution in [0.1, 0.15) is 27.8 Å². The molecule has 0 bridgehead atoms. The van der Waals surface area contributed by atoms with Crippen LogP contribution in [0.5, 0.6) is 5.75 Å². The number of carbonyl (C=O) groups is 1. The summed E-state index contributed by atoms with van der Waals surface area (Å²) in [5.41, 5.74) is 1.88. The highest BCUT2D eigenvalue weighted by molar-refractivity contribution is 5.88. The van der Waals surface area contributed by atoms with Gasteiger partial charge in [-0.25, -0.2) is 9.48 Å². The number of hydrogen-bond acceptors (Lipinski definition) is 6. The van der Waals surface area contributed by atoms with Crippen LogP contribution in [0.2, 0.25) is 0 Å². The predicted octanol–water partition coefficient (Wildman–Crippen LogP) is 1.34. The van der Waals surface area contributed by atoms with Crippen molar-refractivity contribution in [1.82, 2.24) is 15.0 Å². The summed E-state index contributed by atoms with van der Waals surface area (Å²) >= 11 is 0. The van der Waals surface area contributed by atoms with Gasteiger partial charge in [0.05, 0.1) is 33.1 Å². The average molecular weight is 289 g/mol. The second-order valence-electron chi connectivity index (χ2n) is 4.63. The number of rotatable bonds is 3. The summed E-state index contributed by atoms with van der Waals surface area (Å²) in [5, 5.41) is 7.86. The van der Waals surface area contributed by atoms with Gasteiger partial charge in [-0.05, 0) is 17.7 Å². The SMILES string of the molecule is COC(=O)c1nnn2c1CO[C@H](c1ccc(OC)cc1)C2. The molecule has 1 aromatic heterocycles. The maximum atomic E-state index is 11.6. The van der Waals surface area contributed by atoms with Gasteiger partial charge < -0.3 is 14.2 Å². The summed E-state index contributed by atoms with van der Waals surface area (Å²) in [6.45, 7) is 0.778. The highest BCUT2D eigenvalue weighted by Gasteiger charge is 2.28. The van der Waals surface area contributed by atoms with Crippen LogP contribution < -0.4 is 4.74 Å². The lowest BCUT2D eigenvalue weighted by atomic mass is 10.1. The fraction of sp³-hybridized carbons (Fsp3) is 0.357. The minimum atomic E-state index is -0.497. The van der Waals surface area contributed by atoms with Crippen LogP contribution in [0.15, 0.2) is 24.3 Å². The maximum absolute atomic E-state index is 11.6. The van der Waals surface area contributed by atoms with Crippen molar-refractivity contribution in [2.45, 2.75) is 19.3 Å². The fourth-order valence-corrected chi connectivity index (χ4v) is 2.29. The van der Waals surface area contributed by atoms with Gasteiger partial charge in [-0.3, -0.25) is 0 Å². The van der Waals surface area contributed by atoms with Crippen molar-refractivity contribution in [2.24, 2.45) is 0 Å². The zero-order valence-electron chi connectivity index (χ0n) is 11.8. The van der Waals surface area contributed by atoms with Crippen molar-refractivity contribution >= 4 is 5.97 Å². The van der Waals surface area contributed by atoms with Crippen LogP contribution in [-0.4, -0.2) is 35.2 Å². The van der Waals surface area contributed by atoms with E-state index in [2.05, 4.69) is 15.0 Å². The van der Waals surface area contributed by atoms with Crippen LogP contribution in [0, 0.1) is 0 Å². The summed E-state index contributed by atoms with van der Waals surface area (Å²) in [4.78, 5) is 11.6. The van der Waals surface area contributed by atoms with Crippen molar-refractivity contribution in [3.8, 4) is 5.75 Å². The van der Waals surface area contributed by atoms with Gasteiger partial charge >= 0.3 is 5.97 Å². The Kier molecular flexibility index (Phi) is 3.57. The highest BCUT2D eigenvalue weighted by Crippen LogP contribution is 2.28. The molecule has 2 heterocycles. The Bertz CT molecular complexity index is 651. The monoisotopic (exact) mass is 289 g/mol. The average Bonchev–Trinajstić information content (AvgIpc) is 2.97. The molecule has 110 valence electrons. The Balaban J connectivity index is 1.81. The molecule has 0 N–H and O–H groups in total. The van der Waals surface area contributed by atoms with E-state index in [0.717, 1.165) is 11.3 Å². The van der Waals surface area contributed by atoms with Gasteiger partial charge in [0, 0.05) is 0 Å². The molecule has 0 spiro atoms. The molecule has 7 nitrogen and oxygen atoms in total. The third-order valence-electron chi connectivity index (χ3n) is 3.46. The smallest absolute Gasteiger partial charge is 0.360 e. The molecule has 0 aliphatic carbocycles. The molecular weight excluding hydrogens is 274 g/mol. The Morgan fingerprint density at radius 2 is 2.10 bits per heavy atom. The Morgan fingerprint density at radius 1 is 1.33 bits per heavy atom. The number of aromatic nitrogens is 3. The first-order valence-corrected chi connectivity index (χ1v) is 6.49. The number of carbonyl (C=O) groups excluding carboxylic acids is 1. The summed E-state index contributed by atoms with van der Waals surface area (Å²) in [6.07, 6.45) is -0.129. The van der Waals surface area contributed by atoms with Crippen LogP contribution in [0.3, 0.4) is 0 Å². The molecule has 1 aliphatic rings. The molecule has 0 unspecified atom stereocenters. The van der Waals surface area contributed by atoms with E-state index in [1.807, 2.05) is 24.3 Å². The van der Waals surface area contributed by atoms with Gasteiger partial charge in [0.25, 0.3) is 0 Å². The van der Waals surface area contributed by atoms with Crippen LogP contribution in [-0.2, 0) is 22.6 Å². The Morgan fingerprint density at radius 3 is 2.76 bits per heavy atom. The molecule has 0 saturated heterocycles. The Hall–Kier alpha value is -2.41. The number of hydrogen-bond donors (Lipinski definition) is 0. The van der Waals surface area contributed by atoms with Gasteiger partial charge in [0.1, 0.15) is 11.9 Å². The summed E-state index contributed by atoms with van der Waals surface area (Å²) < 4.78 is 17.3.